The van der Waals surface area contributed by atoms with Crippen LogP contribution in [0.25, 0.3) is 0 Å². The molecule has 0 aliphatic carbocycles. The molecule has 0 radical (unpaired) electrons. The molecular weight excluding hydrogens is 147 g/mol. The van der Waals surface area contributed by atoms with Gasteiger partial charge in [-0.2, -0.15) is 0 Å². The molecule has 2 nitrogen and oxygen atoms in total. The Morgan fingerprint density at radius 3 is 2.10 bits per heavy atom. The van der Waals surface area contributed by atoms with Crippen molar-refractivity contribution >= 4 is 7.14 Å². The molecule has 0 amide bonds. The Kier molecular flexibility index (Phi) is 5.02. The van der Waals surface area contributed by atoms with Gasteiger partial charge in [0.25, 0.3) is 0 Å². The van der Waals surface area contributed by atoms with Crippen LogP contribution in [0, 0.1) is 0 Å². The third-order valence-electron chi connectivity index (χ3n) is 1.88. The second-order valence-corrected chi connectivity index (χ2v) is 6.32. The van der Waals surface area contributed by atoms with E-state index in [0.717, 1.165) is 18.5 Å². The van der Waals surface area contributed by atoms with Crippen molar-refractivity contribution in [3.8, 4) is 0 Å². The van der Waals surface area contributed by atoms with E-state index in [2.05, 4.69) is 0 Å². The molecule has 0 bridgehead atoms. The normalized spacial score (nSPS) is 11.9. The van der Waals surface area contributed by atoms with Crippen molar-refractivity contribution in [2.45, 2.75) is 20.3 Å². The summed E-state index contributed by atoms with van der Waals surface area (Å²) in [7, 11) is -1.86. The van der Waals surface area contributed by atoms with E-state index in [-0.39, 0.29) is 6.61 Å². The van der Waals surface area contributed by atoms with Gasteiger partial charge < -0.3 is 9.67 Å². The number of aliphatic hydroxyl groups excluding tert-OH is 1. The minimum Gasteiger partial charge on any atom is -0.396 e. The highest BCUT2D eigenvalue weighted by atomic mass is 31.2. The maximum atomic E-state index is 11.6. The van der Waals surface area contributed by atoms with Crippen LogP contribution >= 0.6 is 7.14 Å². The molecule has 0 spiro atoms. The first-order valence-electron chi connectivity index (χ1n) is 3.86. The van der Waals surface area contributed by atoms with Gasteiger partial charge in [-0.05, 0) is 18.7 Å². The molecule has 0 aromatic rings. The van der Waals surface area contributed by atoms with E-state index in [1.165, 1.54) is 0 Å². The maximum absolute atomic E-state index is 11.6. The van der Waals surface area contributed by atoms with Crippen molar-refractivity contribution in [2.24, 2.45) is 0 Å². The highest BCUT2D eigenvalue weighted by Crippen LogP contribution is 2.44. The van der Waals surface area contributed by atoms with Crippen LogP contribution in [0.3, 0.4) is 0 Å². The summed E-state index contributed by atoms with van der Waals surface area (Å²) in [5, 5.41) is 8.50. The van der Waals surface area contributed by atoms with E-state index < -0.39 is 7.14 Å². The molecule has 1 N–H and O–H groups in total. The van der Waals surface area contributed by atoms with Crippen LogP contribution in [0.15, 0.2) is 0 Å². The molecule has 0 rings (SSSR count). The van der Waals surface area contributed by atoms with Gasteiger partial charge in [0.05, 0.1) is 7.14 Å². The Balaban J connectivity index is 3.70. The van der Waals surface area contributed by atoms with Crippen molar-refractivity contribution in [1.29, 1.82) is 0 Å². The van der Waals surface area contributed by atoms with Gasteiger partial charge in [0.1, 0.15) is 0 Å². The van der Waals surface area contributed by atoms with Gasteiger partial charge in [-0.3, -0.25) is 0 Å². The summed E-state index contributed by atoms with van der Waals surface area (Å²) in [5.74, 6) is 0. The fraction of sp³-hybridized carbons (Fsp3) is 1.00. The fourth-order valence-corrected chi connectivity index (χ4v) is 2.70. The Labute approximate surface area is 63.0 Å². The average Bonchev–Trinajstić information content (AvgIpc) is 2.00. The third-order valence-corrected chi connectivity index (χ3v) is 5.31. The second-order valence-electron chi connectivity index (χ2n) is 2.49. The molecule has 0 saturated carbocycles. The van der Waals surface area contributed by atoms with Gasteiger partial charge in [-0.15, -0.1) is 0 Å². The molecule has 0 saturated heterocycles. The molecule has 0 heterocycles. The molecule has 0 aliphatic rings. The van der Waals surface area contributed by atoms with Gasteiger partial charge >= 0.3 is 0 Å². The summed E-state index contributed by atoms with van der Waals surface area (Å²) < 4.78 is 11.6. The van der Waals surface area contributed by atoms with Crippen molar-refractivity contribution in [3.63, 3.8) is 0 Å². The lowest BCUT2D eigenvalue weighted by Gasteiger charge is -2.12. The molecule has 0 fully saturated rings. The number of rotatable bonds is 5. The molecule has 62 valence electrons. The standard InChI is InChI=1S/C7H17O2P/c1-3-10(9,4-2)7-5-6-8/h8H,3-7H2,1-2H3. The molecule has 0 aromatic carbocycles. The molecule has 0 unspecified atom stereocenters. The molecule has 3 heteroatoms. The van der Waals surface area contributed by atoms with E-state index in [0.29, 0.717) is 6.42 Å². The Bertz CT molecular complexity index is 115. The van der Waals surface area contributed by atoms with Crippen molar-refractivity contribution in [1.82, 2.24) is 0 Å². The monoisotopic (exact) mass is 164 g/mol. The molecular formula is C7H17O2P. The average molecular weight is 164 g/mol. The van der Waals surface area contributed by atoms with Crippen LogP contribution in [-0.4, -0.2) is 30.2 Å². The zero-order valence-electron chi connectivity index (χ0n) is 6.84. The lowest BCUT2D eigenvalue weighted by molar-refractivity contribution is 0.295. The first-order valence-corrected chi connectivity index (χ1v) is 6.12. The summed E-state index contributed by atoms with van der Waals surface area (Å²) in [6, 6.07) is 0. The van der Waals surface area contributed by atoms with E-state index in [1.54, 1.807) is 0 Å². The molecule has 10 heavy (non-hydrogen) atoms. The predicted molar refractivity (Wildman–Crippen MR) is 45.3 cm³/mol. The number of aliphatic hydroxyl groups is 1. The SMILES string of the molecule is CCP(=O)(CC)CCCO. The van der Waals surface area contributed by atoms with Gasteiger partial charge in [0.2, 0.25) is 0 Å². The van der Waals surface area contributed by atoms with E-state index in [9.17, 15) is 4.57 Å². The Hall–Kier alpha value is 0.190. The summed E-state index contributed by atoms with van der Waals surface area (Å²) in [6.45, 7) is 4.09. The van der Waals surface area contributed by atoms with E-state index in [1.807, 2.05) is 13.8 Å². The number of hydrogen-bond donors (Lipinski definition) is 1. The van der Waals surface area contributed by atoms with Crippen molar-refractivity contribution < 1.29 is 9.67 Å². The minimum absolute atomic E-state index is 0.171. The van der Waals surface area contributed by atoms with Crippen LogP contribution in [-0.2, 0) is 4.57 Å². The van der Waals surface area contributed by atoms with Gasteiger partial charge in [-0.1, -0.05) is 13.8 Å². The summed E-state index contributed by atoms with van der Waals surface area (Å²) in [6.07, 6.45) is 2.97. The van der Waals surface area contributed by atoms with E-state index in [4.69, 9.17) is 5.11 Å². The van der Waals surface area contributed by atoms with Gasteiger partial charge in [0, 0.05) is 12.8 Å². The number of hydrogen-bond acceptors (Lipinski definition) is 2. The summed E-state index contributed by atoms with van der Waals surface area (Å²) in [5.41, 5.74) is 0. The van der Waals surface area contributed by atoms with Gasteiger partial charge in [0.15, 0.2) is 0 Å². The summed E-state index contributed by atoms with van der Waals surface area (Å²) >= 11 is 0. The highest BCUT2D eigenvalue weighted by molar-refractivity contribution is 7.63. The molecule has 0 aromatic heterocycles. The predicted octanol–water partition coefficient (Wildman–Crippen LogP) is 1.77. The Morgan fingerprint density at radius 2 is 1.80 bits per heavy atom. The zero-order chi connectivity index (χ0) is 8.04. The van der Waals surface area contributed by atoms with E-state index >= 15 is 0 Å². The first kappa shape index (κ1) is 10.2. The summed E-state index contributed by atoms with van der Waals surface area (Å²) in [4.78, 5) is 0. The first-order chi connectivity index (χ1) is 4.68. The Morgan fingerprint density at radius 1 is 1.30 bits per heavy atom. The lowest BCUT2D eigenvalue weighted by atomic mass is 10.5. The zero-order valence-corrected chi connectivity index (χ0v) is 7.73. The van der Waals surface area contributed by atoms with Crippen molar-refractivity contribution in [3.05, 3.63) is 0 Å². The maximum Gasteiger partial charge on any atom is 0.0873 e. The highest BCUT2D eigenvalue weighted by Gasteiger charge is 2.14. The van der Waals surface area contributed by atoms with Crippen LogP contribution in [0.2, 0.25) is 0 Å². The van der Waals surface area contributed by atoms with Gasteiger partial charge in [-0.25, -0.2) is 0 Å². The molecule has 0 atom stereocenters. The second kappa shape index (κ2) is 4.92. The third kappa shape index (κ3) is 3.38. The van der Waals surface area contributed by atoms with Crippen LogP contribution in [0.5, 0.6) is 0 Å². The fourth-order valence-electron chi connectivity index (χ4n) is 0.899. The minimum atomic E-state index is -1.86. The van der Waals surface area contributed by atoms with Crippen LogP contribution in [0.4, 0.5) is 0 Å². The van der Waals surface area contributed by atoms with Crippen LogP contribution < -0.4 is 0 Å². The smallest absolute Gasteiger partial charge is 0.0873 e. The van der Waals surface area contributed by atoms with Crippen LogP contribution in [0.1, 0.15) is 20.3 Å². The topological polar surface area (TPSA) is 37.3 Å². The largest absolute Gasteiger partial charge is 0.396 e. The lowest BCUT2D eigenvalue weighted by Crippen LogP contribution is -1.97. The molecule has 0 aliphatic heterocycles. The van der Waals surface area contributed by atoms with Crippen molar-refractivity contribution in [2.75, 3.05) is 25.1 Å². The quantitative estimate of drug-likeness (QED) is 0.629.